The van der Waals surface area contributed by atoms with Gasteiger partial charge in [0.05, 0.1) is 0 Å². The fourth-order valence-electron chi connectivity index (χ4n) is 3.43. The number of carbonyl (C=O) groups excluding carboxylic acids is 3. The van der Waals surface area contributed by atoms with Gasteiger partial charge >= 0.3 is 6.03 Å². The molecule has 0 unspecified atom stereocenters. The predicted molar refractivity (Wildman–Crippen MR) is 125 cm³/mol. The minimum atomic E-state index is -0.659. The van der Waals surface area contributed by atoms with E-state index in [9.17, 15) is 14.4 Å². The van der Waals surface area contributed by atoms with Crippen LogP contribution in [0.3, 0.4) is 0 Å². The Morgan fingerprint density at radius 1 is 0.938 bits per heavy atom. The summed E-state index contributed by atoms with van der Waals surface area (Å²) >= 11 is 5.96. The number of halogens is 1. The van der Waals surface area contributed by atoms with Gasteiger partial charge in [-0.3, -0.25) is 19.4 Å². The highest BCUT2D eigenvalue weighted by Gasteiger charge is 2.38. The Balaban J connectivity index is 2.00. The molecule has 1 fully saturated rings. The zero-order chi connectivity index (χ0) is 23.4. The summed E-state index contributed by atoms with van der Waals surface area (Å²) in [7, 11) is 2.70. The van der Waals surface area contributed by atoms with E-state index in [2.05, 4.69) is 18.7 Å². The van der Waals surface area contributed by atoms with Gasteiger partial charge in [-0.15, -0.1) is 0 Å². The topological polar surface area (TPSA) is 70.2 Å². The molecule has 2 aromatic rings. The first-order valence-corrected chi connectivity index (χ1v) is 10.7. The quantitative estimate of drug-likeness (QED) is 0.462. The Hall–Kier alpha value is -3.32. The lowest BCUT2D eigenvalue weighted by Crippen LogP contribution is -2.52. The van der Waals surface area contributed by atoms with E-state index < -0.39 is 17.8 Å². The summed E-state index contributed by atoms with van der Waals surface area (Å²) in [5, 5.41) is 0.639. The lowest BCUT2D eigenvalue weighted by atomic mass is 10.1. The molecule has 7 nitrogen and oxygen atoms in total. The fraction of sp³-hybridized carbons (Fsp3) is 0.292. The van der Waals surface area contributed by atoms with Crippen LogP contribution >= 0.6 is 11.6 Å². The number of amides is 4. The van der Waals surface area contributed by atoms with Gasteiger partial charge < -0.3 is 9.64 Å². The maximum Gasteiger partial charge on any atom is 0.333 e. The standard InChI is InChI=1S/C24H26ClN3O4/c1-5-28(6-2)19-12-9-17(13-20-22(29)26(3)24(31)27(4)23(20)30)21(14-19)32-15-16-7-10-18(25)11-8-16/h7-14H,5-6,15H2,1-4H3. The van der Waals surface area contributed by atoms with E-state index in [-0.39, 0.29) is 12.2 Å². The number of urea groups is 1. The van der Waals surface area contributed by atoms with Gasteiger partial charge in [0, 0.05) is 49.5 Å². The second-order valence-corrected chi connectivity index (χ2v) is 7.81. The number of nitrogens with zero attached hydrogens (tertiary/aromatic N) is 3. The number of carbonyl (C=O) groups is 3. The first-order valence-electron chi connectivity index (χ1n) is 10.3. The number of likely N-dealkylation sites (N-methyl/N-ethyl adjacent to an activating group) is 2. The van der Waals surface area contributed by atoms with E-state index in [0.717, 1.165) is 34.1 Å². The van der Waals surface area contributed by atoms with Crippen LogP contribution in [0.5, 0.6) is 5.75 Å². The third-order valence-corrected chi connectivity index (χ3v) is 5.63. The van der Waals surface area contributed by atoms with Crippen LogP contribution in [0, 0.1) is 0 Å². The van der Waals surface area contributed by atoms with Crippen LogP contribution < -0.4 is 9.64 Å². The van der Waals surface area contributed by atoms with Gasteiger partial charge in [0.2, 0.25) is 0 Å². The van der Waals surface area contributed by atoms with Gasteiger partial charge in [-0.05, 0) is 49.8 Å². The Morgan fingerprint density at radius 3 is 2.09 bits per heavy atom. The fourth-order valence-corrected chi connectivity index (χ4v) is 3.55. The molecule has 1 saturated heterocycles. The smallest absolute Gasteiger partial charge is 0.333 e. The van der Waals surface area contributed by atoms with Gasteiger partial charge in [0.15, 0.2) is 0 Å². The van der Waals surface area contributed by atoms with Crippen molar-refractivity contribution in [3.05, 3.63) is 64.2 Å². The number of ether oxygens (including phenoxy) is 1. The molecular formula is C24H26ClN3O4. The highest BCUT2D eigenvalue weighted by atomic mass is 35.5. The Bertz CT molecular complexity index is 1040. The third kappa shape index (κ3) is 4.78. The van der Waals surface area contributed by atoms with Crippen molar-refractivity contribution in [2.24, 2.45) is 0 Å². The van der Waals surface area contributed by atoms with Crippen LogP contribution in [0.1, 0.15) is 25.0 Å². The van der Waals surface area contributed by atoms with Crippen LogP contribution in [-0.4, -0.2) is 54.8 Å². The molecule has 0 radical (unpaired) electrons. The lowest BCUT2D eigenvalue weighted by molar-refractivity contribution is -0.134. The van der Waals surface area contributed by atoms with E-state index in [0.29, 0.717) is 16.3 Å². The van der Waals surface area contributed by atoms with Crippen molar-refractivity contribution in [2.45, 2.75) is 20.5 Å². The zero-order valence-corrected chi connectivity index (χ0v) is 19.3. The molecule has 0 aliphatic carbocycles. The number of barbiturate groups is 1. The summed E-state index contributed by atoms with van der Waals surface area (Å²) in [6.07, 6.45) is 1.48. The van der Waals surface area contributed by atoms with Gasteiger partial charge in [0.25, 0.3) is 11.8 Å². The largest absolute Gasteiger partial charge is 0.488 e. The predicted octanol–water partition coefficient (Wildman–Crippen LogP) is 4.20. The normalized spacial score (nSPS) is 14.2. The van der Waals surface area contributed by atoms with Gasteiger partial charge in [-0.1, -0.05) is 23.7 Å². The summed E-state index contributed by atoms with van der Waals surface area (Å²) in [4.78, 5) is 41.3. The molecule has 0 spiro atoms. The number of hydrogen-bond acceptors (Lipinski definition) is 5. The Labute approximate surface area is 192 Å². The van der Waals surface area contributed by atoms with Gasteiger partial charge in [0.1, 0.15) is 17.9 Å². The SMILES string of the molecule is CCN(CC)c1ccc(C=C2C(=O)N(C)C(=O)N(C)C2=O)c(OCc2ccc(Cl)cc2)c1. The van der Waals surface area contributed by atoms with Crippen LogP contribution in [0.25, 0.3) is 6.08 Å². The summed E-state index contributed by atoms with van der Waals surface area (Å²) < 4.78 is 6.10. The van der Waals surface area contributed by atoms with Crippen molar-refractivity contribution in [3.63, 3.8) is 0 Å². The third-order valence-electron chi connectivity index (χ3n) is 5.38. The Kier molecular flexibility index (Phi) is 7.20. The minimum Gasteiger partial charge on any atom is -0.488 e. The molecular weight excluding hydrogens is 430 g/mol. The molecule has 1 aliphatic rings. The van der Waals surface area contributed by atoms with Gasteiger partial charge in [-0.2, -0.15) is 0 Å². The van der Waals surface area contributed by atoms with E-state index in [4.69, 9.17) is 16.3 Å². The maximum atomic E-state index is 12.6. The highest BCUT2D eigenvalue weighted by Crippen LogP contribution is 2.30. The van der Waals surface area contributed by atoms with Crippen molar-refractivity contribution in [1.29, 1.82) is 0 Å². The van der Waals surface area contributed by atoms with Crippen LogP contribution in [-0.2, 0) is 16.2 Å². The van der Waals surface area contributed by atoms with E-state index >= 15 is 0 Å². The van der Waals surface area contributed by atoms with E-state index in [1.54, 1.807) is 12.1 Å². The first-order chi connectivity index (χ1) is 15.3. The van der Waals surface area contributed by atoms with Crippen molar-refractivity contribution in [1.82, 2.24) is 9.80 Å². The summed E-state index contributed by atoms with van der Waals surface area (Å²) in [6.45, 7) is 6.06. The molecule has 4 amide bonds. The molecule has 8 heteroatoms. The van der Waals surface area contributed by atoms with Crippen molar-refractivity contribution < 1.29 is 19.1 Å². The molecule has 168 valence electrons. The van der Waals surface area contributed by atoms with Gasteiger partial charge in [-0.25, -0.2) is 4.79 Å². The monoisotopic (exact) mass is 455 g/mol. The number of rotatable bonds is 7. The number of anilines is 1. The van der Waals surface area contributed by atoms with E-state index in [1.807, 2.05) is 30.3 Å². The summed E-state index contributed by atoms with van der Waals surface area (Å²) in [5.74, 6) is -0.760. The van der Waals surface area contributed by atoms with Crippen LogP contribution in [0.2, 0.25) is 5.02 Å². The molecule has 0 bridgehead atoms. The van der Waals surface area contributed by atoms with Crippen LogP contribution in [0.4, 0.5) is 10.5 Å². The number of imide groups is 2. The molecule has 0 atom stereocenters. The second-order valence-electron chi connectivity index (χ2n) is 7.38. The zero-order valence-electron chi connectivity index (χ0n) is 18.6. The number of hydrogen-bond donors (Lipinski definition) is 0. The molecule has 3 rings (SSSR count). The summed E-state index contributed by atoms with van der Waals surface area (Å²) in [6, 6.07) is 12.3. The molecule has 0 aromatic heterocycles. The molecule has 2 aromatic carbocycles. The number of benzene rings is 2. The highest BCUT2D eigenvalue weighted by molar-refractivity contribution is 6.31. The van der Waals surface area contributed by atoms with Crippen molar-refractivity contribution >= 4 is 41.2 Å². The Morgan fingerprint density at radius 2 is 1.53 bits per heavy atom. The maximum absolute atomic E-state index is 12.6. The van der Waals surface area contributed by atoms with Crippen molar-refractivity contribution in [2.75, 3.05) is 32.1 Å². The average molecular weight is 456 g/mol. The average Bonchev–Trinajstić information content (AvgIpc) is 2.80. The van der Waals surface area contributed by atoms with E-state index in [1.165, 1.54) is 20.2 Å². The minimum absolute atomic E-state index is 0.0958. The van der Waals surface area contributed by atoms with Crippen LogP contribution in [0.15, 0.2) is 48.0 Å². The summed E-state index contributed by atoms with van der Waals surface area (Å²) in [5.41, 5.74) is 2.37. The first kappa shape index (κ1) is 23.3. The molecule has 1 heterocycles. The second kappa shape index (κ2) is 9.87. The molecule has 32 heavy (non-hydrogen) atoms. The molecule has 0 N–H and O–H groups in total. The molecule has 1 aliphatic heterocycles. The van der Waals surface area contributed by atoms with Crippen molar-refractivity contribution in [3.8, 4) is 5.75 Å². The molecule has 0 saturated carbocycles. The lowest BCUT2D eigenvalue weighted by Gasteiger charge is -2.29.